The molecule has 0 amide bonds. The Kier molecular flexibility index (Phi) is 4.45. The second-order valence-electron chi connectivity index (χ2n) is 3.99. The molecule has 0 aromatic heterocycles. The van der Waals surface area contributed by atoms with Crippen molar-refractivity contribution in [2.45, 2.75) is 6.54 Å². The van der Waals surface area contributed by atoms with Crippen molar-refractivity contribution >= 4 is 39.2 Å². The molecule has 0 saturated carbocycles. The Labute approximate surface area is 124 Å². The number of benzene rings is 2. The lowest BCUT2D eigenvalue weighted by molar-refractivity contribution is 0.0697. The molecule has 0 spiro atoms. The molecule has 3 nitrogen and oxygen atoms in total. The van der Waals surface area contributed by atoms with E-state index in [0.29, 0.717) is 11.6 Å². The fraction of sp³-hybridized carbons (Fsp3) is 0.0714. The van der Waals surface area contributed by atoms with Gasteiger partial charge in [0.1, 0.15) is 0 Å². The van der Waals surface area contributed by atoms with Gasteiger partial charge in [0.15, 0.2) is 0 Å². The molecule has 0 unspecified atom stereocenters. The standard InChI is InChI=1S/C14H11BrClNO2/c15-12-5-4-11(7-13(12)16)17-8-9-2-1-3-10(6-9)14(18)19/h1-7,17H,8H2,(H,18,19). The third kappa shape index (κ3) is 3.72. The van der Waals surface area contributed by atoms with Gasteiger partial charge >= 0.3 is 5.97 Å². The second kappa shape index (κ2) is 6.08. The molecule has 0 atom stereocenters. The molecule has 5 heteroatoms. The number of carbonyl (C=O) groups is 1. The smallest absolute Gasteiger partial charge is 0.335 e. The normalized spacial score (nSPS) is 10.2. The van der Waals surface area contributed by atoms with Crippen LogP contribution in [0.5, 0.6) is 0 Å². The number of anilines is 1. The summed E-state index contributed by atoms with van der Waals surface area (Å²) < 4.78 is 0.840. The zero-order valence-corrected chi connectivity index (χ0v) is 12.2. The lowest BCUT2D eigenvalue weighted by Gasteiger charge is -2.08. The van der Waals surface area contributed by atoms with Gasteiger partial charge in [-0.25, -0.2) is 4.79 Å². The summed E-state index contributed by atoms with van der Waals surface area (Å²) in [5, 5.41) is 12.7. The van der Waals surface area contributed by atoms with E-state index < -0.39 is 5.97 Å². The van der Waals surface area contributed by atoms with Crippen LogP contribution in [-0.2, 0) is 6.54 Å². The van der Waals surface area contributed by atoms with Crippen LogP contribution < -0.4 is 5.32 Å². The first kappa shape index (κ1) is 13.9. The Morgan fingerprint density at radius 1 is 1.26 bits per heavy atom. The van der Waals surface area contributed by atoms with Crippen molar-refractivity contribution < 1.29 is 9.90 Å². The predicted molar refractivity (Wildman–Crippen MR) is 79.9 cm³/mol. The van der Waals surface area contributed by atoms with Gasteiger partial charge in [0.2, 0.25) is 0 Å². The molecule has 0 heterocycles. The summed E-state index contributed by atoms with van der Waals surface area (Å²) in [6, 6.07) is 12.4. The molecule has 0 aliphatic carbocycles. The van der Waals surface area contributed by atoms with Crippen molar-refractivity contribution in [2.75, 3.05) is 5.32 Å². The Bertz CT molecular complexity index is 616. The third-order valence-electron chi connectivity index (χ3n) is 2.59. The number of rotatable bonds is 4. The van der Waals surface area contributed by atoms with Gasteiger partial charge in [-0.05, 0) is 51.8 Å². The number of nitrogens with one attached hydrogen (secondary N) is 1. The van der Waals surface area contributed by atoms with Crippen molar-refractivity contribution in [2.24, 2.45) is 0 Å². The maximum Gasteiger partial charge on any atom is 0.335 e. The zero-order chi connectivity index (χ0) is 13.8. The Morgan fingerprint density at radius 2 is 2.05 bits per heavy atom. The molecule has 0 saturated heterocycles. The molecule has 2 aromatic carbocycles. The van der Waals surface area contributed by atoms with Crippen LogP contribution in [0.3, 0.4) is 0 Å². The number of hydrogen-bond acceptors (Lipinski definition) is 2. The van der Waals surface area contributed by atoms with Gasteiger partial charge in [-0.15, -0.1) is 0 Å². The van der Waals surface area contributed by atoms with E-state index in [0.717, 1.165) is 15.7 Å². The Morgan fingerprint density at radius 3 is 2.74 bits per heavy atom. The third-order valence-corrected chi connectivity index (χ3v) is 3.82. The van der Waals surface area contributed by atoms with Crippen LogP contribution in [0, 0.1) is 0 Å². The number of carboxylic acid groups (broad SMARTS) is 1. The molecule has 0 fully saturated rings. The van der Waals surface area contributed by atoms with Crippen LogP contribution in [0.4, 0.5) is 5.69 Å². The van der Waals surface area contributed by atoms with E-state index in [-0.39, 0.29) is 5.56 Å². The average Bonchev–Trinajstić information content (AvgIpc) is 2.40. The summed E-state index contributed by atoms with van der Waals surface area (Å²) in [5.41, 5.74) is 2.07. The molecule has 2 rings (SSSR count). The highest BCUT2D eigenvalue weighted by molar-refractivity contribution is 9.10. The summed E-state index contributed by atoms with van der Waals surface area (Å²) in [4.78, 5) is 10.9. The average molecular weight is 341 g/mol. The number of carboxylic acids is 1. The minimum absolute atomic E-state index is 0.285. The van der Waals surface area contributed by atoms with Crippen molar-refractivity contribution in [3.05, 3.63) is 63.1 Å². The molecule has 2 N–H and O–H groups in total. The van der Waals surface area contributed by atoms with Crippen molar-refractivity contribution in [3.8, 4) is 0 Å². The fourth-order valence-corrected chi connectivity index (χ4v) is 2.05. The molecule has 0 radical (unpaired) electrons. The Hall–Kier alpha value is -1.52. The summed E-state index contributed by atoms with van der Waals surface area (Å²) in [6.45, 7) is 0.541. The van der Waals surface area contributed by atoms with E-state index in [1.165, 1.54) is 0 Å². The molecule has 0 bridgehead atoms. The van der Waals surface area contributed by atoms with Crippen LogP contribution in [0.2, 0.25) is 5.02 Å². The van der Waals surface area contributed by atoms with E-state index in [4.69, 9.17) is 16.7 Å². The molecular weight excluding hydrogens is 330 g/mol. The van der Waals surface area contributed by atoms with E-state index in [1.54, 1.807) is 18.2 Å². The zero-order valence-electron chi connectivity index (χ0n) is 9.86. The van der Waals surface area contributed by atoms with E-state index >= 15 is 0 Å². The highest BCUT2D eigenvalue weighted by Crippen LogP contribution is 2.25. The fourth-order valence-electron chi connectivity index (χ4n) is 1.62. The highest BCUT2D eigenvalue weighted by atomic mass is 79.9. The molecule has 98 valence electrons. The minimum atomic E-state index is -0.923. The predicted octanol–water partition coefficient (Wildman–Crippen LogP) is 4.41. The second-order valence-corrected chi connectivity index (χ2v) is 5.25. The topological polar surface area (TPSA) is 49.3 Å². The maximum atomic E-state index is 10.9. The minimum Gasteiger partial charge on any atom is -0.478 e. The van der Waals surface area contributed by atoms with Crippen LogP contribution in [0.1, 0.15) is 15.9 Å². The summed E-state index contributed by atoms with van der Waals surface area (Å²) in [5.74, 6) is -0.923. The van der Waals surface area contributed by atoms with E-state index in [1.807, 2.05) is 24.3 Å². The van der Waals surface area contributed by atoms with Crippen LogP contribution in [0.25, 0.3) is 0 Å². The van der Waals surface area contributed by atoms with Crippen molar-refractivity contribution in [1.82, 2.24) is 0 Å². The quantitative estimate of drug-likeness (QED) is 0.866. The number of hydrogen-bond donors (Lipinski definition) is 2. The van der Waals surface area contributed by atoms with Crippen molar-refractivity contribution in [3.63, 3.8) is 0 Å². The van der Waals surface area contributed by atoms with Gasteiger partial charge in [0.05, 0.1) is 10.6 Å². The summed E-state index contributed by atoms with van der Waals surface area (Å²) >= 11 is 9.32. The molecule has 2 aromatic rings. The van der Waals surface area contributed by atoms with Gasteiger partial charge in [-0.1, -0.05) is 23.7 Å². The van der Waals surface area contributed by atoms with E-state index in [2.05, 4.69) is 21.2 Å². The van der Waals surface area contributed by atoms with Crippen LogP contribution in [0.15, 0.2) is 46.9 Å². The number of halogens is 2. The highest BCUT2D eigenvalue weighted by Gasteiger charge is 2.03. The lowest BCUT2D eigenvalue weighted by atomic mass is 10.1. The van der Waals surface area contributed by atoms with E-state index in [9.17, 15) is 4.79 Å². The largest absolute Gasteiger partial charge is 0.478 e. The van der Waals surface area contributed by atoms with Gasteiger partial charge in [-0.2, -0.15) is 0 Å². The lowest BCUT2D eigenvalue weighted by Crippen LogP contribution is -2.02. The summed E-state index contributed by atoms with van der Waals surface area (Å²) in [7, 11) is 0. The SMILES string of the molecule is O=C(O)c1cccc(CNc2ccc(Br)c(Cl)c2)c1. The molecule has 0 aliphatic heterocycles. The first-order chi connectivity index (χ1) is 9.06. The first-order valence-electron chi connectivity index (χ1n) is 5.57. The number of aromatic carboxylic acids is 1. The monoisotopic (exact) mass is 339 g/mol. The van der Waals surface area contributed by atoms with Gasteiger partial charge in [-0.3, -0.25) is 0 Å². The molecule has 19 heavy (non-hydrogen) atoms. The van der Waals surface area contributed by atoms with Crippen molar-refractivity contribution in [1.29, 1.82) is 0 Å². The van der Waals surface area contributed by atoms with Gasteiger partial charge < -0.3 is 10.4 Å². The van der Waals surface area contributed by atoms with Crippen LogP contribution in [-0.4, -0.2) is 11.1 Å². The van der Waals surface area contributed by atoms with Crippen LogP contribution >= 0.6 is 27.5 Å². The van der Waals surface area contributed by atoms with Gasteiger partial charge in [0, 0.05) is 16.7 Å². The molecular formula is C14H11BrClNO2. The molecule has 0 aliphatic rings. The Balaban J connectivity index is 2.07. The maximum absolute atomic E-state index is 10.9. The first-order valence-corrected chi connectivity index (χ1v) is 6.74. The summed E-state index contributed by atoms with van der Waals surface area (Å²) in [6.07, 6.45) is 0. The van der Waals surface area contributed by atoms with Gasteiger partial charge in [0.25, 0.3) is 0 Å².